The number of carbonyl (C=O) groups excluding carboxylic acids is 1. The van der Waals surface area contributed by atoms with Crippen molar-refractivity contribution in [1.29, 1.82) is 0 Å². The number of halogens is 4. The van der Waals surface area contributed by atoms with Crippen molar-refractivity contribution in [2.75, 3.05) is 19.3 Å². The van der Waals surface area contributed by atoms with E-state index in [9.17, 15) is 30.8 Å². The number of hydrogen-bond donors (Lipinski definition) is 1. The van der Waals surface area contributed by atoms with Crippen LogP contribution in [-0.4, -0.2) is 50.5 Å². The number of nitrogens with zero attached hydrogens (tertiary/aromatic N) is 1. The van der Waals surface area contributed by atoms with Crippen LogP contribution >= 0.6 is 0 Å². The number of alkyl halides is 2. The normalized spacial score (nSPS) is 24.9. The molecule has 3 atom stereocenters. The van der Waals surface area contributed by atoms with Crippen molar-refractivity contribution in [3.63, 3.8) is 0 Å². The van der Waals surface area contributed by atoms with Crippen LogP contribution in [0.4, 0.5) is 17.6 Å². The van der Waals surface area contributed by atoms with Gasteiger partial charge in [0.05, 0.1) is 11.8 Å². The molecule has 32 heavy (non-hydrogen) atoms. The first kappa shape index (κ1) is 22.7. The number of nitrogens with one attached hydrogen (secondary N) is 1. The molecule has 1 saturated heterocycles. The Kier molecular flexibility index (Phi) is 5.79. The van der Waals surface area contributed by atoms with Gasteiger partial charge in [0, 0.05) is 25.4 Å². The summed E-state index contributed by atoms with van der Waals surface area (Å²) in [7, 11) is -3.89. The van der Waals surface area contributed by atoms with E-state index in [2.05, 4.69) is 0 Å². The molecule has 2 fully saturated rings. The summed E-state index contributed by atoms with van der Waals surface area (Å²) >= 11 is 0. The third-order valence-electron chi connectivity index (χ3n) is 6.00. The fourth-order valence-electron chi connectivity index (χ4n) is 4.33. The summed E-state index contributed by atoms with van der Waals surface area (Å²) in [6.45, 7) is -0.633. The maximum atomic E-state index is 14.4. The van der Waals surface area contributed by atoms with Gasteiger partial charge in [-0.25, -0.2) is 30.7 Å². The molecule has 1 aliphatic heterocycles. The molecule has 1 heterocycles. The lowest BCUT2D eigenvalue weighted by atomic mass is 9.94. The maximum absolute atomic E-state index is 14.4. The van der Waals surface area contributed by atoms with Crippen molar-refractivity contribution in [2.45, 2.75) is 30.7 Å². The predicted molar refractivity (Wildman–Crippen MR) is 111 cm³/mol. The fraction of sp³-hybridized carbons (Fsp3) is 0.409. The van der Waals surface area contributed by atoms with Crippen molar-refractivity contribution in [3.05, 3.63) is 59.7 Å². The van der Waals surface area contributed by atoms with Crippen LogP contribution in [0, 0.1) is 17.6 Å². The third-order valence-corrected chi connectivity index (χ3v) is 6.71. The van der Waals surface area contributed by atoms with E-state index >= 15 is 0 Å². The minimum absolute atomic E-state index is 0.170. The molecule has 1 N–H and O–H groups in total. The Morgan fingerprint density at radius 2 is 1.75 bits per heavy atom. The van der Waals surface area contributed by atoms with E-state index in [-0.39, 0.29) is 23.9 Å². The number of piperidine rings is 1. The van der Waals surface area contributed by atoms with Gasteiger partial charge in [0.25, 0.3) is 5.92 Å². The van der Waals surface area contributed by atoms with Crippen LogP contribution in [0.2, 0.25) is 0 Å². The first-order valence-corrected chi connectivity index (χ1v) is 12.0. The first-order chi connectivity index (χ1) is 15.0. The summed E-state index contributed by atoms with van der Waals surface area (Å²) in [5.74, 6) is -5.88. The zero-order chi connectivity index (χ0) is 23.3. The van der Waals surface area contributed by atoms with Gasteiger partial charge in [-0.15, -0.1) is 0 Å². The Balaban J connectivity index is 1.54. The van der Waals surface area contributed by atoms with E-state index in [1.165, 1.54) is 11.0 Å². The Hall–Kier alpha value is -2.46. The van der Waals surface area contributed by atoms with E-state index < -0.39 is 52.5 Å². The zero-order valence-corrected chi connectivity index (χ0v) is 18.0. The van der Waals surface area contributed by atoms with Gasteiger partial charge in [-0.3, -0.25) is 4.79 Å². The molecule has 10 heteroatoms. The Labute approximate surface area is 183 Å². The second-order valence-corrected chi connectivity index (χ2v) is 10.2. The molecular weight excluding hydrogens is 448 g/mol. The lowest BCUT2D eigenvalue weighted by molar-refractivity contribution is -0.141. The highest BCUT2D eigenvalue weighted by molar-refractivity contribution is 7.88. The quantitative estimate of drug-likeness (QED) is 0.680. The number of carbonyl (C=O) groups is 1. The van der Waals surface area contributed by atoms with Crippen molar-refractivity contribution >= 4 is 15.9 Å². The SMILES string of the molecule is CS(=O)(=O)N[C@H]1CN(C(=O)[C@@H]2C[C@H]2c2ccccc2-c2c(F)cccc2F)CCC1(F)F. The van der Waals surface area contributed by atoms with Crippen LogP contribution in [0.5, 0.6) is 0 Å². The van der Waals surface area contributed by atoms with Gasteiger partial charge in [-0.2, -0.15) is 0 Å². The molecule has 4 rings (SSSR count). The molecule has 0 unspecified atom stereocenters. The number of rotatable bonds is 5. The van der Waals surface area contributed by atoms with Gasteiger partial charge >= 0.3 is 0 Å². The van der Waals surface area contributed by atoms with Crippen molar-refractivity contribution in [2.24, 2.45) is 5.92 Å². The molecule has 5 nitrogen and oxygen atoms in total. The topological polar surface area (TPSA) is 66.5 Å². The van der Waals surface area contributed by atoms with Crippen molar-refractivity contribution in [3.8, 4) is 11.1 Å². The zero-order valence-electron chi connectivity index (χ0n) is 17.2. The van der Waals surface area contributed by atoms with Gasteiger partial charge in [0.2, 0.25) is 15.9 Å². The summed E-state index contributed by atoms with van der Waals surface area (Å²) in [4.78, 5) is 14.3. The first-order valence-electron chi connectivity index (χ1n) is 10.1. The molecule has 2 aromatic carbocycles. The van der Waals surface area contributed by atoms with E-state index in [0.717, 1.165) is 18.4 Å². The van der Waals surface area contributed by atoms with Gasteiger partial charge < -0.3 is 4.90 Å². The Morgan fingerprint density at radius 3 is 2.41 bits per heavy atom. The summed E-state index contributed by atoms with van der Waals surface area (Å²) in [5, 5.41) is 0. The van der Waals surface area contributed by atoms with Gasteiger partial charge in [0.1, 0.15) is 17.7 Å². The fourth-order valence-corrected chi connectivity index (χ4v) is 5.10. The number of hydrogen-bond acceptors (Lipinski definition) is 3. The van der Waals surface area contributed by atoms with Crippen LogP contribution in [0.15, 0.2) is 42.5 Å². The third kappa shape index (κ3) is 4.52. The summed E-state index contributed by atoms with van der Waals surface area (Å²) < 4.78 is 81.9. The summed E-state index contributed by atoms with van der Waals surface area (Å²) in [5.41, 5.74) is 0.796. The van der Waals surface area contributed by atoms with Crippen molar-refractivity contribution in [1.82, 2.24) is 9.62 Å². The highest BCUT2D eigenvalue weighted by Crippen LogP contribution is 2.52. The van der Waals surface area contributed by atoms with Gasteiger partial charge in [-0.1, -0.05) is 30.3 Å². The van der Waals surface area contributed by atoms with Crippen LogP contribution < -0.4 is 4.72 Å². The predicted octanol–water partition coefficient (Wildman–Crippen LogP) is 3.52. The van der Waals surface area contributed by atoms with E-state index in [0.29, 0.717) is 17.5 Å². The largest absolute Gasteiger partial charge is 0.340 e. The average molecular weight is 470 g/mol. The maximum Gasteiger partial charge on any atom is 0.267 e. The van der Waals surface area contributed by atoms with Gasteiger partial charge in [0.15, 0.2) is 0 Å². The summed E-state index contributed by atoms with van der Waals surface area (Å²) in [6.07, 6.45) is 0.558. The van der Waals surface area contributed by atoms with E-state index in [1.54, 1.807) is 24.3 Å². The number of amides is 1. The van der Waals surface area contributed by atoms with Crippen LogP contribution in [-0.2, 0) is 14.8 Å². The monoisotopic (exact) mass is 470 g/mol. The molecule has 1 aliphatic carbocycles. The minimum Gasteiger partial charge on any atom is -0.340 e. The Morgan fingerprint density at radius 1 is 1.09 bits per heavy atom. The second kappa shape index (κ2) is 8.15. The Bertz CT molecular complexity index is 1140. The number of sulfonamides is 1. The second-order valence-electron chi connectivity index (χ2n) is 8.37. The molecule has 0 aromatic heterocycles. The molecule has 0 spiro atoms. The van der Waals surface area contributed by atoms with E-state index in [4.69, 9.17) is 0 Å². The highest BCUT2D eigenvalue weighted by Gasteiger charge is 2.51. The number of likely N-dealkylation sites (tertiary alicyclic amines) is 1. The molecule has 0 bridgehead atoms. The molecule has 172 valence electrons. The molecule has 0 radical (unpaired) electrons. The highest BCUT2D eigenvalue weighted by atomic mass is 32.2. The molecule has 2 aliphatic rings. The minimum atomic E-state index is -3.89. The summed E-state index contributed by atoms with van der Waals surface area (Å²) in [6, 6.07) is 8.55. The van der Waals surface area contributed by atoms with Crippen molar-refractivity contribution < 1.29 is 30.8 Å². The number of benzene rings is 2. The van der Waals surface area contributed by atoms with Crippen LogP contribution in [0.25, 0.3) is 11.1 Å². The van der Waals surface area contributed by atoms with Crippen LogP contribution in [0.1, 0.15) is 24.3 Å². The van der Waals surface area contributed by atoms with Crippen LogP contribution in [0.3, 0.4) is 0 Å². The smallest absolute Gasteiger partial charge is 0.267 e. The lowest BCUT2D eigenvalue weighted by Gasteiger charge is -2.38. The van der Waals surface area contributed by atoms with Gasteiger partial charge in [-0.05, 0) is 35.6 Å². The standard InChI is InChI=1S/C22H22F4N2O3S/c1-32(30,31)27-19-12-28(10-9-22(19,25)26)21(29)16-11-15(16)13-5-2-3-6-14(13)20-17(23)7-4-8-18(20)24/h2-8,15-16,19,27H,9-12H2,1H3/t15-,16+,19-/m0/s1. The molecule has 1 amide bonds. The van der Waals surface area contributed by atoms with E-state index in [1.807, 2.05) is 4.72 Å². The molecule has 1 saturated carbocycles. The molecule has 2 aromatic rings. The molecular formula is C22H22F4N2O3S. The lowest BCUT2D eigenvalue weighted by Crippen LogP contribution is -2.59. The average Bonchev–Trinajstić information content (AvgIpc) is 3.49.